The maximum absolute atomic E-state index is 12.9. The Bertz CT molecular complexity index is 923. The molecule has 0 unspecified atom stereocenters. The number of amides is 3. The zero-order valence-corrected chi connectivity index (χ0v) is 17.3. The van der Waals surface area contributed by atoms with Crippen LogP contribution in [0.2, 0.25) is 0 Å². The zero-order valence-electron chi connectivity index (χ0n) is 16.5. The number of benzene rings is 1. The van der Waals surface area contributed by atoms with E-state index in [-0.39, 0.29) is 41.2 Å². The number of hydrogen-bond donors (Lipinski definition) is 3. The Morgan fingerprint density at radius 2 is 1.90 bits per heavy atom. The molecule has 9 nitrogen and oxygen atoms in total. The fourth-order valence-electron chi connectivity index (χ4n) is 3.58. The Kier molecular flexibility index (Phi) is 6.23. The fraction of sp³-hybridized carbons (Fsp3) is 0.526. The second-order valence-electron chi connectivity index (χ2n) is 7.72. The molecule has 3 amide bonds. The minimum Gasteiger partial charge on any atom is -0.352 e. The molecule has 1 aromatic carbocycles. The number of nitrogens with zero attached hydrogens (tertiary/aromatic N) is 1. The van der Waals surface area contributed by atoms with Crippen LogP contribution in [0.5, 0.6) is 0 Å². The molecule has 3 N–H and O–H groups in total. The van der Waals surface area contributed by atoms with Crippen molar-refractivity contribution in [2.45, 2.75) is 43.5 Å². The first-order valence-corrected chi connectivity index (χ1v) is 11.1. The van der Waals surface area contributed by atoms with E-state index in [4.69, 9.17) is 0 Å². The smallest absolute Gasteiger partial charge is 0.253 e. The summed E-state index contributed by atoms with van der Waals surface area (Å²) in [4.78, 5) is 35.9. The molecule has 0 spiro atoms. The van der Waals surface area contributed by atoms with Gasteiger partial charge < -0.3 is 16.0 Å². The minimum absolute atomic E-state index is 0.0612. The summed E-state index contributed by atoms with van der Waals surface area (Å²) in [5.74, 6) is -0.627. The quantitative estimate of drug-likeness (QED) is 0.644. The molecule has 1 fully saturated rings. The highest BCUT2D eigenvalue weighted by Gasteiger charge is 2.28. The molecule has 0 bridgehead atoms. The van der Waals surface area contributed by atoms with Gasteiger partial charge in [-0.1, -0.05) is 6.92 Å². The molecule has 3 rings (SSSR count). The summed E-state index contributed by atoms with van der Waals surface area (Å²) in [5, 5.41) is 7.87. The maximum Gasteiger partial charge on any atom is 0.253 e. The highest BCUT2D eigenvalue weighted by atomic mass is 32.2. The van der Waals surface area contributed by atoms with Crippen molar-refractivity contribution in [1.82, 2.24) is 14.9 Å². The molecule has 1 heterocycles. The number of fused-ring (bicyclic) bond motifs is 1. The van der Waals surface area contributed by atoms with Crippen molar-refractivity contribution in [2.75, 3.05) is 25.5 Å². The second kappa shape index (κ2) is 8.50. The lowest BCUT2D eigenvalue weighted by molar-refractivity contribution is -0.122. The lowest BCUT2D eigenvalue weighted by atomic mass is 9.87. The van der Waals surface area contributed by atoms with Gasteiger partial charge in [-0.2, -0.15) is 4.31 Å². The fourth-order valence-corrected chi connectivity index (χ4v) is 4.73. The first kappa shape index (κ1) is 21.3. The first-order valence-electron chi connectivity index (χ1n) is 9.64. The van der Waals surface area contributed by atoms with Gasteiger partial charge in [0.05, 0.1) is 29.2 Å². The van der Waals surface area contributed by atoms with Crippen LogP contribution in [0.25, 0.3) is 0 Å². The number of carbonyl (C=O) groups is 3. The summed E-state index contributed by atoms with van der Waals surface area (Å²) in [6.07, 6.45) is 3.89. The van der Waals surface area contributed by atoms with Crippen LogP contribution in [-0.2, 0) is 19.6 Å². The van der Waals surface area contributed by atoms with Gasteiger partial charge in [0.1, 0.15) is 0 Å². The molecule has 0 saturated heterocycles. The van der Waals surface area contributed by atoms with Gasteiger partial charge >= 0.3 is 0 Å². The maximum atomic E-state index is 12.9. The van der Waals surface area contributed by atoms with Crippen molar-refractivity contribution < 1.29 is 22.8 Å². The number of nitrogens with one attached hydrogen (secondary N) is 3. The highest BCUT2D eigenvalue weighted by molar-refractivity contribution is 7.89. The topological polar surface area (TPSA) is 125 Å². The standard InChI is InChI=1S/C19H26N4O5S/c1-12-3-5-13(6-4-12)21-18(25)11-23(2)29(27,28)14-7-8-16-15(9-14)19(26)20-10-17(24)22-16/h7-9,12-13H,3-6,10-11H2,1-2H3,(H,20,26)(H,21,25)(H,22,24). The van der Waals surface area contributed by atoms with Crippen molar-refractivity contribution in [1.29, 1.82) is 0 Å². The van der Waals surface area contributed by atoms with Crippen molar-refractivity contribution in [3.8, 4) is 0 Å². The Morgan fingerprint density at radius 1 is 1.21 bits per heavy atom. The number of carbonyl (C=O) groups excluding carboxylic acids is 3. The van der Waals surface area contributed by atoms with E-state index >= 15 is 0 Å². The summed E-state index contributed by atoms with van der Waals surface area (Å²) >= 11 is 0. The number of hydrogen-bond acceptors (Lipinski definition) is 5. The predicted molar refractivity (Wildman–Crippen MR) is 107 cm³/mol. The van der Waals surface area contributed by atoms with E-state index in [1.807, 2.05) is 0 Å². The molecule has 1 saturated carbocycles. The van der Waals surface area contributed by atoms with Crippen molar-refractivity contribution in [2.24, 2.45) is 5.92 Å². The molecule has 0 atom stereocenters. The van der Waals surface area contributed by atoms with Gasteiger partial charge in [0.25, 0.3) is 5.91 Å². The first-order chi connectivity index (χ1) is 13.7. The van der Waals surface area contributed by atoms with E-state index in [9.17, 15) is 22.8 Å². The average molecular weight is 423 g/mol. The molecule has 158 valence electrons. The van der Waals surface area contributed by atoms with Crippen LogP contribution in [0, 0.1) is 5.92 Å². The summed E-state index contributed by atoms with van der Waals surface area (Å²) < 4.78 is 26.7. The van der Waals surface area contributed by atoms with Crippen molar-refractivity contribution in [3.63, 3.8) is 0 Å². The largest absolute Gasteiger partial charge is 0.352 e. The van der Waals surface area contributed by atoms with Gasteiger partial charge in [0, 0.05) is 13.1 Å². The van der Waals surface area contributed by atoms with Crippen LogP contribution in [0.1, 0.15) is 43.0 Å². The monoisotopic (exact) mass is 422 g/mol. The Hall–Kier alpha value is -2.46. The molecule has 10 heteroatoms. The van der Waals surface area contributed by atoms with Gasteiger partial charge in [-0.05, 0) is 49.8 Å². The van der Waals surface area contributed by atoms with E-state index in [0.717, 1.165) is 30.0 Å². The van der Waals surface area contributed by atoms with E-state index < -0.39 is 21.8 Å². The number of sulfonamides is 1. The van der Waals surface area contributed by atoms with Crippen LogP contribution in [0.4, 0.5) is 5.69 Å². The van der Waals surface area contributed by atoms with Crippen molar-refractivity contribution >= 4 is 33.4 Å². The summed E-state index contributed by atoms with van der Waals surface area (Å²) in [7, 11) is -2.66. The van der Waals surface area contributed by atoms with Gasteiger partial charge in [-0.15, -0.1) is 0 Å². The highest BCUT2D eigenvalue weighted by Crippen LogP contribution is 2.25. The van der Waals surface area contributed by atoms with E-state index in [1.54, 1.807) is 0 Å². The SMILES string of the molecule is CC1CCC(NC(=O)CN(C)S(=O)(=O)c2ccc3c(c2)C(=O)NCC(=O)N3)CC1. The van der Waals surface area contributed by atoms with Crippen LogP contribution in [-0.4, -0.2) is 56.6 Å². The zero-order chi connectivity index (χ0) is 21.2. The molecule has 29 heavy (non-hydrogen) atoms. The molecule has 1 aliphatic carbocycles. The van der Waals surface area contributed by atoms with E-state index in [2.05, 4.69) is 22.9 Å². The van der Waals surface area contributed by atoms with Crippen LogP contribution < -0.4 is 16.0 Å². The van der Waals surface area contributed by atoms with Gasteiger partial charge in [0.2, 0.25) is 21.8 Å². The number of rotatable bonds is 5. The molecule has 0 radical (unpaired) electrons. The van der Waals surface area contributed by atoms with Crippen molar-refractivity contribution in [3.05, 3.63) is 23.8 Å². The van der Waals surface area contributed by atoms with Crippen LogP contribution in [0.15, 0.2) is 23.1 Å². The molecular formula is C19H26N4O5S. The van der Waals surface area contributed by atoms with Gasteiger partial charge in [0.15, 0.2) is 0 Å². The molecule has 1 aliphatic heterocycles. The van der Waals surface area contributed by atoms with E-state index in [0.29, 0.717) is 5.92 Å². The third-order valence-electron chi connectivity index (χ3n) is 5.37. The molecule has 1 aromatic rings. The van der Waals surface area contributed by atoms with Gasteiger partial charge in [-0.3, -0.25) is 14.4 Å². The molecule has 0 aromatic heterocycles. The number of anilines is 1. The molecular weight excluding hydrogens is 396 g/mol. The van der Waals surface area contributed by atoms with Gasteiger partial charge in [-0.25, -0.2) is 8.42 Å². The number of likely N-dealkylation sites (N-methyl/N-ethyl adjacent to an activating group) is 1. The van der Waals surface area contributed by atoms with Crippen LogP contribution in [0.3, 0.4) is 0 Å². The normalized spacial score (nSPS) is 22.3. The summed E-state index contributed by atoms with van der Waals surface area (Å²) in [5.41, 5.74) is 0.307. The summed E-state index contributed by atoms with van der Waals surface area (Å²) in [6.45, 7) is 1.69. The average Bonchev–Trinajstić information content (AvgIpc) is 2.81. The minimum atomic E-state index is -3.99. The second-order valence-corrected chi connectivity index (χ2v) is 9.77. The Labute approximate surface area is 170 Å². The lowest BCUT2D eigenvalue weighted by Gasteiger charge is -2.27. The third kappa shape index (κ3) is 4.94. The Morgan fingerprint density at radius 3 is 2.59 bits per heavy atom. The summed E-state index contributed by atoms with van der Waals surface area (Å²) in [6, 6.07) is 3.98. The molecule has 2 aliphatic rings. The Balaban J connectivity index is 1.70. The third-order valence-corrected chi connectivity index (χ3v) is 7.17. The van der Waals surface area contributed by atoms with E-state index in [1.165, 1.54) is 25.2 Å². The predicted octanol–water partition coefficient (Wildman–Crippen LogP) is 0.684. The lowest BCUT2D eigenvalue weighted by Crippen LogP contribution is -2.43. The van der Waals surface area contributed by atoms with Crippen LogP contribution >= 0.6 is 0 Å².